The van der Waals surface area contributed by atoms with E-state index in [1.54, 1.807) is 11.3 Å². The van der Waals surface area contributed by atoms with Crippen molar-refractivity contribution in [2.45, 2.75) is 40.0 Å². The number of nitrogens with zero attached hydrogens (tertiary/aromatic N) is 1. The first kappa shape index (κ1) is 17.2. The third-order valence-electron chi connectivity index (χ3n) is 3.30. The van der Waals surface area contributed by atoms with Crippen molar-refractivity contribution in [3.63, 3.8) is 0 Å². The second-order valence-corrected chi connectivity index (χ2v) is 7.52. The van der Waals surface area contributed by atoms with Gasteiger partial charge in [-0.05, 0) is 50.5 Å². The van der Waals surface area contributed by atoms with Crippen molar-refractivity contribution >= 4 is 33.0 Å². The Morgan fingerprint density at radius 2 is 1.95 bits per heavy atom. The number of carbonyl (C=O) groups is 1. The second kappa shape index (κ2) is 7.88. The number of carbonyl (C=O) groups excluding carboxylic acids is 1. The fraction of sp³-hybridized carbons (Fsp3) is 0.412. The molecule has 2 aromatic rings. The number of Topliss-reactive ketones (excluding diaryl/α,β-unsaturated/α-hetero) is 1. The molecule has 118 valence electrons. The smallest absolute Gasteiger partial charge is 0.139 e. The van der Waals surface area contributed by atoms with E-state index < -0.39 is 0 Å². The number of thiazole rings is 1. The molecule has 0 saturated heterocycles. The van der Waals surface area contributed by atoms with Gasteiger partial charge in [-0.1, -0.05) is 15.9 Å². The quantitative estimate of drug-likeness (QED) is 0.646. The Bertz CT molecular complexity index is 643. The molecule has 0 N–H and O–H groups in total. The second-order valence-electron chi connectivity index (χ2n) is 5.40. The third-order valence-corrected chi connectivity index (χ3v) is 5.46. The number of ketones is 1. The van der Waals surface area contributed by atoms with Crippen molar-refractivity contribution < 1.29 is 9.53 Å². The van der Waals surface area contributed by atoms with E-state index >= 15 is 0 Å². The van der Waals surface area contributed by atoms with Gasteiger partial charge in [-0.25, -0.2) is 4.98 Å². The highest BCUT2D eigenvalue weighted by atomic mass is 79.9. The fourth-order valence-electron chi connectivity index (χ4n) is 2.19. The average Bonchev–Trinajstić information content (AvgIpc) is 2.86. The summed E-state index contributed by atoms with van der Waals surface area (Å²) in [6.07, 6.45) is 3.52. The Kier molecular flexibility index (Phi) is 6.15. The summed E-state index contributed by atoms with van der Waals surface area (Å²) in [6, 6.07) is 4.02. The predicted octanol–water partition coefficient (Wildman–Crippen LogP) is 4.80. The molecular weight excluding hydrogens is 362 g/mol. The minimum absolute atomic E-state index is 0.223. The molecule has 1 aromatic carbocycles. The molecule has 0 fully saturated rings. The van der Waals surface area contributed by atoms with Crippen molar-refractivity contribution in [1.82, 2.24) is 4.98 Å². The Hall–Kier alpha value is -1.20. The lowest BCUT2D eigenvalue weighted by molar-refractivity contribution is -0.118. The molecule has 0 aliphatic heterocycles. The molecule has 1 heterocycles. The van der Waals surface area contributed by atoms with Gasteiger partial charge in [0.05, 0.1) is 13.0 Å². The van der Waals surface area contributed by atoms with Crippen LogP contribution in [0.1, 0.15) is 33.9 Å². The van der Waals surface area contributed by atoms with Crippen molar-refractivity contribution in [2.24, 2.45) is 0 Å². The van der Waals surface area contributed by atoms with E-state index in [0.717, 1.165) is 37.7 Å². The molecule has 0 aliphatic rings. The van der Waals surface area contributed by atoms with Crippen LogP contribution in [0.3, 0.4) is 0 Å². The van der Waals surface area contributed by atoms with E-state index in [1.165, 1.54) is 0 Å². The molecule has 22 heavy (non-hydrogen) atoms. The number of hydrogen-bond acceptors (Lipinski definition) is 4. The van der Waals surface area contributed by atoms with Crippen LogP contribution >= 0.6 is 27.3 Å². The Morgan fingerprint density at radius 3 is 2.55 bits per heavy atom. The monoisotopic (exact) mass is 381 g/mol. The lowest BCUT2D eigenvalue weighted by Gasteiger charge is -2.10. The van der Waals surface area contributed by atoms with Crippen LogP contribution in [0.15, 0.2) is 22.8 Å². The number of rotatable bonds is 7. The molecule has 0 saturated carbocycles. The number of aryl methyl sites for hydroxylation is 3. The zero-order chi connectivity index (χ0) is 16.1. The van der Waals surface area contributed by atoms with Gasteiger partial charge in [-0.15, -0.1) is 11.3 Å². The first-order valence-corrected chi connectivity index (χ1v) is 8.89. The molecule has 0 amide bonds. The van der Waals surface area contributed by atoms with Crippen LogP contribution in [0.2, 0.25) is 0 Å². The first-order chi connectivity index (χ1) is 10.5. The van der Waals surface area contributed by atoms with E-state index in [9.17, 15) is 4.79 Å². The highest BCUT2D eigenvalue weighted by Crippen LogP contribution is 2.26. The molecule has 3 nitrogen and oxygen atoms in total. The molecular formula is C17H20BrNO2S. The van der Waals surface area contributed by atoms with Gasteiger partial charge < -0.3 is 4.74 Å². The molecule has 0 atom stereocenters. The van der Waals surface area contributed by atoms with E-state index in [1.807, 2.05) is 39.1 Å². The minimum Gasteiger partial charge on any atom is -0.494 e. The van der Waals surface area contributed by atoms with Gasteiger partial charge in [0.25, 0.3) is 0 Å². The highest BCUT2D eigenvalue weighted by molar-refractivity contribution is 9.10. The summed E-state index contributed by atoms with van der Waals surface area (Å²) in [5, 5.41) is 0.905. The molecule has 0 unspecified atom stereocenters. The van der Waals surface area contributed by atoms with Crippen LogP contribution in [-0.4, -0.2) is 17.4 Å². The Labute approximate surface area is 143 Å². The normalized spacial score (nSPS) is 10.7. The summed E-state index contributed by atoms with van der Waals surface area (Å²) >= 11 is 5.13. The van der Waals surface area contributed by atoms with Crippen LogP contribution in [0, 0.1) is 20.8 Å². The highest BCUT2D eigenvalue weighted by Gasteiger charge is 2.08. The van der Waals surface area contributed by atoms with Gasteiger partial charge in [0.1, 0.15) is 16.5 Å². The summed E-state index contributed by atoms with van der Waals surface area (Å²) in [4.78, 5) is 17.3. The molecule has 0 spiro atoms. The summed E-state index contributed by atoms with van der Waals surface area (Å²) in [5.41, 5.74) is 2.32. The van der Waals surface area contributed by atoms with Crippen LogP contribution in [0.25, 0.3) is 0 Å². The van der Waals surface area contributed by atoms with Gasteiger partial charge in [0.15, 0.2) is 0 Å². The van der Waals surface area contributed by atoms with Gasteiger partial charge in [-0.3, -0.25) is 4.79 Å². The molecule has 0 aliphatic carbocycles. The van der Waals surface area contributed by atoms with Gasteiger partial charge >= 0.3 is 0 Å². The number of halogens is 1. The number of ether oxygens (including phenoxy) is 1. The molecule has 0 radical (unpaired) electrons. The molecule has 1 aromatic heterocycles. The van der Waals surface area contributed by atoms with Gasteiger partial charge in [0, 0.05) is 22.0 Å². The van der Waals surface area contributed by atoms with E-state index in [2.05, 4.69) is 20.9 Å². The maximum Gasteiger partial charge on any atom is 0.139 e. The van der Waals surface area contributed by atoms with Crippen LogP contribution < -0.4 is 4.74 Å². The van der Waals surface area contributed by atoms with Crippen molar-refractivity contribution in [3.8, 4) is 5.75 Å². The largest absolute Gasteiger partial charge is 0.494 e. The lowest BCUT2D eigenvalue weighted by Crippen LogP contribution is -2.06. The number of benzene rings is 1. The predicted molar refractivity (Wildman–Crippen MR) is 93.9 cm³/mol. The zero-order valence-corrected chi connectivity index (χ0v) is 15.5. The molecule has 5 heteroatoms. The maximum atomic E-state index is 11.9. The van der Waals surface area contributed by atoms with Crippen molar-refractivity contribution in [3.05, 3.63) is 43.8 Å². The first-order valence-electron chi connectivity index (χ1n) is 7.28. The number of aromatic nitrogens is 1. The Morgan fingerprint density at radius 1 is 1.27 bits per heavy atom. The minimum atomic E-state index is 0.223. The van der Waals surface area contributed by atoms with E-state index in [4.69, 9.17) is 4.74 Å². The SMILES string of the molecule is Cc1cnc(CC(=O)CCCOc2cc(C)c(Br)c(C)c2)s1. The lowest BCUT2D eigenvalue weighted by atomic mass is 10.1. The zero-order valence-electron chi connectivity index (χ0n) is 13.1. The van der Waals surface area contributed by atoms with E-state index in [0.29, 0.717) is 19.4 Å². The maximum absolute atomic E-state index is 11.9. The standard InChI is InChI=1S/C17H20BrNO2S/c1-11-7-15(8-12(2)17(11)18)21-6-4-5-14(20)9-16-19-10-13(3)22-16/h7-8,10H,4-6,9H2,1-3H3. The van der Waals surface area contributed by atoms with Crippen molar-refractivity contribution in [2.75, 3.05) is 6.61 Å². The molecule has 0 bridgehead atoms. The topological polar surface area (TPSA) is 39.2 Å². The van der Waals surface area contributed by atoms with Gasteiger partial charge in [-0.2, -0.15) is 0 Å². The van der Waals surface area contributed by atoms with Crippen LogP contribution in [-0.2, 0) is 11.2 Å². The average molecular weight is 382 g/mol. The third kappa shape index (κ3) is 4.92. The summed E-state index contributed by atoms with van der Waals surface area (Å²) in [7, 11) is 0. The molecule has 2 rings (SSSR count). The summed E-state index contributed by atoms with van der Waals surface area (Å²) in [5.74, 6) is 1.09. The van der Waals surface area contributed by atoms with E-state index in [-0.39, 0.29) is 5.78 Å². The summed E-state index contributed by atoms with van der Waals surface area (Å²) in [6.45, 7) is 6.65. The fourth-order valence-corrected chi connectivity index (χ4v) is 3.23. The van der Waals surface area contributed by atoms with Gasteiger partial charge in [0.2, 0.25) is 0 Å². The van der Waals surface area contributed by atoms with Crippen LogP contribution in [0.4, 0.5) is 0 Å². The Balaban J connectivity index is 1.74. The van der Waals surface area contributed by atoms with Crippen LogP contribution in [0.5, 0.6) is 5.75 Å². The summed E-state index contributed by atoms with van der Waals surface area (Å²) < 4.78 is 6.86. The number of hydrogen-bond donors (Lipinski definition) is 0. The van der Waals surface area contributed by atoms with Crippen molar-refractivity contribution in [1.29, 1.82) is 0 Å².